The van der Waals surface area contributed by atoms with Gasteiger partial charge in [-0.25, -0.2) is 0 Å². The van der Waals surface area contributed by atoms with Gasteiger partial charge in [-0.3, -0.25) is 4.90 Å². The summed E-state index contributed by atoms with van der Waals surface area (Å²) in [5.74, 6) is 1.45. The van der Waals surface area contributed by atoms with Gasteiger partial charge >= 0.3 is 0 Å². The zero-order valence-electron chi connectivity index (χ0n) is 12.8. The van der Waals surface area contributed by atoms with Gasteiger partial charge in [-0.15, -0.1) is 0 Å². The summed E-state index contributed by atoms with van der Waals surface area (Å²) in [5.41, 5.74) is 6.50. The van der Waals surface area contributed by atoms with Crippen molar-refractivity contribution in [2.45, 2.75) is 19.8 Å². The fourth-order valence-electron chi connectivity index (χ4n) is 2.50. The van der Waals surface area contributed by atoms with Gasteiger partial charge in [0, 0.05) is 26.2 Å². The molecule has 1 aliphatic rings. The molecule has 6 nitrogen and oxygen atoms in total. The standard InChI is InChI=1S/C15H26N4O2/c1-2-12-21-15-13(16)4-5-14(17-15)19-7-3-6-18(8-9-19)10-11-20/h4-5,20H,2-3,6-12,16H2,1H3. The lowest BCUT2D eigenvalue weighted by Crippen LogP contribution is -2.32. The molecule has 0 saturated carbocycles. The number of nitrogens with zero attached hydrogens (tertiary/aromatic N) is 3. The van der Waals surface area contributed by atoms with Gasteiger partial charge in [0.2, 0.25) is 5.88 Å². The van der Waals surface area contributed by atoms with Crippen molar-refractivity contribution in [2.24, 2.45) is 0 Å². The number of aliphatic hydroxyl groups is 1. The minimum Gasteiger partial charge on any atom is -0.476 e. The Kier molecular flexibility index (Phi) is 6.07. The Labute approximate surface area is 126 Å². The van der Waals surface area contributed by atoms with E-state index in [0.717, 1.165) is 51.4 Å². The average Bonchev–Trinajstić information content (AvgIpc) is 2.73. The van der Waals surface area contributed by atoms with Crippen LogP contribution in [0.1, 0.15) is 19.8 Å². The van der Waals surface area contributed by atoms with Gasteiger partial charge in [-0.2, -0.15) is 4.98 Å². The molecule has 0 amide bonds. The molecule has 0 spiro atoms. The number of anilines is 2. The molecule has 0 atom stereocenters. The third-order valence-corrected chi connectivity index (χ3v) is 3.65. The second-order valence-corrected chi connectivity index (χ2v) is 5.32. The van der Waals surface area contributed by atoms with E-state index in [9.17, 15) is 0 Å². The predicted octanol–water partition coefficient (Wildman–Crippen LogP) is 0.957. The van der Waals surface area contributed by atoms with Crippen LogP contribution in [-0.2, 0) is 0 Å². The average molecular weight is 294 g/mol. The van der Waals surface area contributed by atoms with Crippen molar-refractivity contribution in [3.8, 4) is 5.88 Å². The molecule has 118 valence electrons. The van der Waals surface area contributed by atoms with E-state index in [1.807, 2.05) is 12.1 Å². The van der Waals surface area contributed by atoms with Gasteiger partial charge < -0.3 is 20.5 Å². The number of ether oxygens (including phenoxy) is 1. The second kappa shape index (κ2) is 8.05. The maximum absolute atomic E-state index is 9.04. The van der Waals surface area contributed by atoms with E-state index in [2.05, 4.69) is 21.7 Å². The van der Waals surface area contributed by atoms with E-state index >= 15 is 0 Å². The van der Waals surface area contributed by atoms with Crippen molar-refractivity contribution in [1.29, 1.82) is 0 Å². The number of rotatable bonds is 6. The Morgan fingerprint density at radius 3 is 2.90 bits per heavy atom. The Hall–Kier alpha value is -1.53. The molecule has 6 heteroatoms. The van der Waals surface area contributed by atoms with E-state index in [0.29, 0.717) is 18.2 Å². The first kappa shape index (κ1) is 15.9. The van der Waals surface area contributed by atoms with Crippen LogP contribution in [0.5, 0.6) is 5.88 Å². The highest BCUT2D eigenvalue weighted by molar-refractivity contribution is 5.54. The van der Waals surface area contributed by atoms with Crippen LogP contribution in [0.25, 0.3) is 0 Å². The molecule has 1 aliphatic heterocycles. The normalized spacial score (nSPS) is 16.8. The highest BCUT2D eigenvalue weighted by atomic mass is 16.5. The molecule has 21 heavy (non-hydrogen) atoms. The number of hydrogen-bond donors (Lipinski definition) is 2. The maximum Gasteiger partial charge on any atom is 0.239 e. The second-order valence-electron chi connectivity index (χ2n) is 5.32. The summed E-state index contributed by atoms with van der Waals surface area (Å²) < 4.78 is 5.60. The van der Waals surface area contributed by atoms with Gasteiger partial charge in [0.05, 0.1) is 18.9 Å². The van der Waals surface area contributed by atoms with E-state index in [4.69, 9.17) is 15.6 Å². The number of nitrogen functional groups attached to an aromatic ring is 1. The highest BCUT2D eigenvalue weighted by Gasteiger charge is 2.16. The molecule has 2 rings (SSSR count). The third kappa shape index (κ3) is 4.47. The number of nitrogens with two attached hydrogens (primary N) is 1. The smallest absolute Gasteiger partial charge is 0.239 e. The SMILES string of the molecule is CCCOc1nc(N2CCCN(CCO)CC2)ccc1N. The van der Waals surface area contributed by atoms with Crippen molar-refractivity contribution in [1.82, 2.24) is 9.88 Å². The van der Waals surface area contributed by atoms with Gasteiger partial charge in [0.1, 0.15) is 5.82 Å². The van der Waals surface area contributed by atoms with Crippen molar-refractivity contribution < 1.29 is 9.84 Å². The Morgan fingerprint density at radius 1 is 1.29 bits per heavy atom. The van der Waals surface area contributed by atoms with Crippen LogP contribution in [0.15, 0.2) is 12.1 Å². The molecule has 0 bridgehead atoms. The van der Waals surface area contributed by atoms with Gasteiger partial charge in [0.15, 0.2) is 0 Å². The summed E-state index contributed by atoms with van der Waals surface area (Å²) in [7, 11) is 0. The lowest BCUT2D eigenvalue weighted by molar-refractivity contribution is 0.204. The lowest BCUT2D eigenvalue weighted by atomic mass is 10.3. The minimum atomic E-state index is 0.217. The number of aliphatic hydroxyl groups excluding tert-OH is 1. The summed E-state index contributed by atoms with van der Waals surface area (Å²) >= 11 is 0. The fourth-order valence-corrected chi connectivity index (χ4v) is 2.50. The third-order valence-electron chi connectivity index (χ3n) is 3.65. The number of pyridine rings is 1. The Morgan fingerprint density at radius 2 is 2.14 bits per heavy atom. The van der Waals surface area contributed by atoms with Crippen LogP contribution < -0.4 is 15.4 Å². The molecule has 1 fully saturated rings. The van der Waals surface area contributed by atoms with Crippen molar-refractivity contribution in [2.75, 3.05) is 56.6 Å². The molecule has 0 aromatic carbocycles. The summed E-state index contributed by atoms with van der Waals surface area (Å²) in [5, 5.41) is 9.04. The van der Waals surface area contributed by atoms with E-state index in [-0.39, 0.29) is 6.61 Å². The largest absolute Gasteiger partial charge is 0.476 e. The summed E-state index contributed by atoms with van der Waals surface area (Å²) in [6.45, 7) is 7.48. The Bertz CT molecular complexity index is 442. The van der Waals surface area contributed by atoms with Crippen LogP contribution in [0, 0.1) is 0 Å². The maximum atomic E-state index is 9.04. The first-order valence-electron chi connectivity index (χ1n) is 7.72. The molecule has 3 N–H and O–H groups in total. The predicted molar refractivity (Wildman–Crippen MR) is 84.8 cm³/mol. The van der Waals surface area contributed by atoms with Crippen LogP contribution in [0.2, 0.25) is 0 Å². The van der Waals surface area contributed by atoms with Crippen LogP contribution in [0.4, 0.5) is 11.5 Å². The van der Waals surface area contributed by atoms with Crippen LogP contribution in [0.3, 0.4) is 0 Å². The van der Waals surface area contributed by atoms with Crippen molar-refractivity contribution in [3.05, 3.63) is 12.1 Å². The molecule has 0 unspecified atom stereocenters. The molecule has 2 heterocycles. The molecular weight excluding hydrogens is 268 g/mol. The van der Waals surface area contributed by atoms with Gasteiger partial charge in [0.25, 0.3) is 0 Å². The quantitative estimate of drug-likeness (QED) is 0.814. The number of β-amino-alcohol motifs (C(OH)–C–C–N with tert-alkyl or cyclic N) is 1. The minimum absolute atomic E-state index is 0.217. The summed E-state index contributed by atoms with van der Waals surface area (Å²) in [6, 6.07) is 3.82. The fraction of sp³-hybridized carbons (Fsp3) is 0.667. The van der Waals surface area contributed by atoms with E-state index in [1.54, 1.807) is 0 Å². The summed E-state index contributed by atoms with van der Waals surface area (Å²) in [4.78, 5) is 9.10. The Balaban J connectivity index is 2.03. The number of hydrogen-bond acceptors (Lipinski definition) is 6. The first-order chi connectivity index (χ1) is 10.2. The first-order valence-corrected chi connectivity index (χ1v) is 7.72. The summed E-state index contributed by atoms with van der Waals surface area (Å²) in [6.07, 6.45) is 2.00. The topological polar surface area (TPSA) is 74.8 Å². The molecule has 1 aromatic rings. The van der Waals surface area contributed by atoms with Crippen molar-refractivity contribution in [3.63, 3.8) is 0 Å². The number of aromatic nitrogens is 1. The lowest BCUT2D eigenvalue weighted by Gasteiger charge is -2.23. The van der Waals surface area contributed by atoms with E-state index < -0.39 is 0 Å². The molecule has 0 aliphatic carbocycles. The van der Waals surface area contributed by atoms with E-state index in [1.165, 1.54) is 0 Å². The zero-order valence-corrected chi connectivity index (χ0v) is 12.8. The van der Waals surface area contributed by atoms with Crippen LogP contribution >= 0.6 is 0 Å². The zero-order chi connectivity index (χ0) is 15.1. The van der Waals surface area contributed by atoms with Crippen molar-refractivity contribution >= 4 is 11.5 Å². The molecule has 1 aromatic heterocycles. The molecule has 1 saturated heterocycles. The molecule has 0 radical (unpaired) electrons. The highest BCUT2D eigenvalue weighted by Crippen LogP contribution is 2.24. The molecular formula is C15H26N4O2. The van der Waals surface area contributed by atoms with Gasteiger partial charge in [-0.05, 0) is 31.5 Å². The monoisotopic (exact) mass is 294 g/mol. The van der Waals surface area contributed by atoms with Crippen LogP contribution in [-0.4, -0.2) is 60.9 Å². The van der Waals surface area contributed by atoms with Gasteiger partial charge in [-0.1, -0.05) is 6.92 Å².